The van der Waals surface area contributed by atoms with Crippen LogP contribution in [0.25, 0.3) is 0 Å². The molecule has 0 aliphatic carbocycles. The molecule has 0 aromatic heterocycles. The van der Waals surface area contributed by atoms with Gasteiger partial charge in [-0.05, 0) is 19.9 Å². The highest BCUT2D eigenvalue weighted by Gasteiger charge is 2.38. The maximum atomic E-state index is 13.5. The Labute approximate surface area is 115 Å². The maximum absolute atomic E-state index is 13.5. The van der Waals surface area contributed by atoms with Gasteiger partial charge in [0, 0.05) is 17.7 Å². The van der Waals surface area contributed by atoms with E-state index >= 15 is 0 Å². The molecular weight excluding hydrogens is 283 g/mol. The number of carbonyl (C=O) groups is 1. The summed E-state index contributed by atoms with van der Waals surface area (Å²) in [5, 5.41) is 0. The molecule has 0 amide bonds. The molecule has 0 fully saturated rings. The Kier molecular flexibility index (Phi) is 5.83. The molecular formula is C12H15ClF3NO2. The minimum Gasteiger partial charge on any atom is -0.469 e. The van der Waals surface area contributed by atoms with E-state index in [-0.39, 0.29) is 18.0 Å². The van der Waals surface area contributed by atoms with Gasteiger partial charge in [-0.2, -0.15) is 0 Å². The minimum absolute atomic E-state index is 0. The molecule has 0 heterocycles. The third-order valence-electron chi connectivity index (χ3n) is 2.86. The maximum Gasteiger partial charge on any atom is 0.313 e. The second-order valence-electron chi connectivity index (χ2n) is 4.48. The van der Waals surface area contributed by atoms with Crippen molar-refractivity contribution in [3.8, 4) is 0 Å². The lowest BCUT2D eigenvalue weighted by Gasteiger charge is -2.29. The Hall–Kier alpha value is -1.27. The summed E-state index contributed by atoms with van der Waals surface area (Å²) in [6.07, 6.45) is 0. The number of esters is 1. The molecule has 0 spiro atoms. The van der Waals surface area contributed by atoms with E-state index in [9.17, 15) is 18.0 Å². The van der Waals surface area contributed by atoms with E-state index in [0.717, 1.165) is 0 Å². The summed E-state index contributed by atoms with van der Waals surface area (Å²) in [5.41, 5.74) is 4.20. The van der Waals surface area contributed by atoms with Crippen LogP contribution in [0.15, 0.2) is 12.1 Å². The van der Waals surface area contributed by atoms with Crippen molar-refractivity contribution < 1.29 is 22.7 Å². The monoisotopic (exact) mass is 297 g/mol. The van der Waals surface area contributed by atoms with Gasteiger partial charge >= 0.3 is 5.97 Å². The van der Waals surface area contributed by atoms with Crippen molar-refractivity contribution >= 4 is 18.4 Å². The number of methoxy groups -OCH3 is 1. The summed E-state index contributed by atoms with van der Waals surface area (Å²) in [7, 11) is 1.17. The van der Waals surface area contributed by atoms with Crippen molar-refractivity contribution in [3.63, 3.8) is 0 Å². The van der Waals surface area contributed by atoms with Crippen molar-refractivity contribution in [2.75, 3.05) is 7.11 Å². The number of benzene rings is 1. The number of hydrogen-bond acceptors (Lipinski definition) is 3. The fourth-order valence-electron chi connectivity index (χ4n) is 1.56. The third kappa shape index (κ3) is 3.39. The predicted molar refractivity (Wildman–Crippen MR) is 66.3 cm³/mol. The van der Waals surface area contributed by atoms with Crippen molar-refractivity contribution in [2.24, 2.45) is 11.1 Å². The highest BCUT2D eigenvalue weighted by atomic mass is 35.5. The first kappa shape index (κ1) is 17.7. The average Bonchev–Trinajstić information content (AvgIpc) is 2.31. The normalized spacial score (nSPS) is 12.6. The lowest BCUT2D eigenvalue weighted by atomic mass is 9.81. The number of carbonyl (C=O) groups excluding carboxylic acids is 1. The second-order valence-corrected chi connectivity index (χ2v) is 4.48. The fourth-order valence-corrected chi connectivity index (χ4v) is 1.56. The van der Waals surface area contributed by atoms with Gasteiger partial charge in [0.15, 0.2) is 11.6 Å². The van der Waals surface area contributed by atoms with Gasteiger partial charge in [0.2, 0.25) is 0 Å². The summed E-state index contributed by atoms with van der Waals surface area (Å²) in [4.78, 5) is 11.5. The molecule has 19 heavy (non-hydrogen) atoms. The first-order chi connectivity index (χ1) is 8.21. The van der Waals surface area contributed by atoms with Crippen LogP contribution in [0.4, 0.5) is 13.2 Å². The first-order valence-electron chi connectivity index (χ1n) is 5.20. The Morgan fingerprint density at radius 2 is 1.68 bits per heavy atom. The zero-order chi connectivity index (χ0) is 14.1. The first-order valence-corrected chi connectivity index (χ1v) is 5.20. The van der Waals surface area contributed by atoms with Crippen LogP contribution in [0.2, 0.25) is 0 Å². The molecule has 1 aromatic carbocycles. The van der Waals surface area contributed by atoms with E-state index in [1.165, 1.54) is 21.0 Å². The fraction of sp³-hybridized carbons (Fsp3) is 0.417. The molecule has 108 valence electrons. The van der Waals surface area contributed by atoms with Gasteiger partial charge < -0.3 is 10.5 Å². The summed E-state index contributed by atoms with van der Waals surface area (Å²) in [6, 6.07) is -0.0993. The molecule has 3 nitrogen and oxygen atoms in total. The van der Waals surface area contributed by atoms with Gasteiger partial charge in [-0.25, -0.2) is 13.2 Å². The molecule has 1 rings (SSSR count). The van der Waals surface area contributed by atoms with Gasteiger partial charge in [0.05, 0.1) is 12.5 Å². The van der Waals surface area contributed by atoms with Crippen molar-refractivity contribution in [1.82, 2.24) is 0 Å². The zero-order valence-corrected chi connectivity index (χ0v) is 11.5. The van der Waals surface area contributed by atoms with E-state index < -0.39 is 34.9 Å². The van der Waals surface area contributed by atoms with Crippen LogP contribution in [0, 0.1) is 22.9 Å². The van der Waals surface area contributed by atoms with Crippen LogP contribution < -0.4 is 5.73 Å². The Morgan fingerprint density at radius 1 is 1.21 bits per heavy atom. The summed E-state index contributed by atoms with van der Waals surface area (Å²) < 4.78 is 44.0. The van der Waals surface area contributed by atoms with Gasteiger partial charge in [-0.1, -0.05) is 0 Å². The molecule has 0 radical (unpaired) electrons. The van der Waals surface area contributed by atoms with Gasteiger partial charge in [0.1, 0.15) is 5.82 Å². The van der Waals surface area contributed by atoms with Crippen molar-refractivity contribution in [1.29, 1.82) is 0 Å². The molecule has 7 heteroatoms. The zero-order valence-electron chi connectivity index (χ0n) is 10.7. The molecule has 0 unspecified atom stereocenters. The summed E-state index contributed by atoms with van der Waals surface area (Å²) in [5.74, 6) is -4.20. The minimum atomic E-state index is -1.31. The summed E-state index contributed by atoms with van der Waals surface area (Å²) in [6.45, 7) is 2.87. The lowest BCUT2D eigenvalue weighted by molar-refractivity contribution is -0.152. The van der Waals surface area contributed by atoms with Crippen LogP contribution in [0.1, 0.15) is 25.5 Å². The summed E-state index contributed by atoms with van der Waals surface area (Å²) >= 11 is 0. The highest BCUT2D eigenvalue weighted by molar-refractivity contribution is 5.85. The second kappa shape index (κ2) is 6.25. The highest BCUT2D eigenvalue weighted by Crippen LogP contribution is 2.34. The van der Waals surface area contributed by atoms with Crippen LogP contribution in [-0.4, -0.2) is 13.1 Å². The number of rotatable bonds is 3. The van der Waals surface area contributed by atoms with Crippen LogP contribution in [0.3, 0.4) is 0 Å². The predicted octanol–water partition coefficient (Wildman–Crippen LogP) is 2.72. The molecule has 1 atom stereocenters. The van der Waals surface area contributed by atoms with E-state index in [0.29, 0.717) is 12.1 Å². The van der Waals surface area contributed by atoms with Gasteiger partial charge in [0.25, 0.3) is 0 Å². The van der Waals surface area contributed by atoms with Crippen LogP contribution in [0.5, 0.6) is 0 Å². The smallest absolute Gasteiger partial charge is 0.313 e. The van der Waals surface area contributed by atoms with E-state index in [1.807, 2.05) is 0 Å². The number of halogens is 4. The molecule has 0 saturated heterocycles. The number of nitrogens with two attached hydrogens (primary N) is 1. The average molecular weight is 298 g/mol. The molecule has 0 aliphatic heterocycles. The standard InChI is InChI=1S/C12H14F3NO2.ClH/c1-12(2,11(17)18-3)10(16)6-4-8(14)9(15)5-7(6)13;/h4-5,10H,16H2,1-3H3;1H/t10-;/m1./s1. The Morgan fingerprint density at radius 3 is 2.16 bits per heavy atom. The Balaban J connectivity index is 0.00000324. The van der Waals surface area contributed by atoms with Gasteiger partial charge in [-0.15, -0.1) is 12.4 Å². The van der Waals surface area contributed by atoms with E-state index in [4.69, 9.17) is 5.73 Å². The topological polar surface area (TPSA) is 52.3 Å². The quantitative estimate of drug-likeness (QED) is 0.689. The van der Waals surface area contributed by atoms with Crippen LogP contribution >= 0.6 is 12.4 Å². The van der Waals surface area contributed by atoms with Crippen molar-refractivity contribution in [2.45, 2.75) is 19.9 Å². The third-order valence-corrected chi connectivity index (χ3v) is 2.86. The SMILES string of the molecule is COC(=O)C(C)(C)[C@H](N)c1cc(F)c(F)cc1F.Cl. The molecule has 0 bridgehead atoms. The van der Waals surface area contributed by atoms with Gasteiger partial charge in [-0.3, -0.25) is 4.79 Å². The van der Waals surface area contributed by atoms with E-state index in [2.05, 4.69) is 4.74 Å². The largest absolute Gasteiger partial charge is 0.469 e. The molecule has 0 saturated carbocycles. The Bertz CT molecular complexity index is 480. The van der Waals surface area contributed by atoms with Crippen molar-refractivity contribution in [3.05, 3.63) is 35.1 Å². The number of hydrogen-bond donors (Lipinski definition) is 1. The lowest BCUT2D eigenvalue weighted by Crippen LogP contribution is -2.38. The van der Waals surface area contributed by atoms with Crippen LogP contribution in [-0.2, 0) is 9.53 Å². The van der Waals surface area contributed by atoms with E-state index in [1.54, 1.807) is 0 Å². The molecule has 0 aliphatic rings. The molecule has 1 aromatic rings. The molecule has 2 N–H and O–H groups in total. The number of ether oxygens (including phenoxy) is 1.